The number of nitrogens with zero attached hydrogens (tertiary/aromatic N) is 3. The third-order valence-electron chi connectivity index (χ3n) is 4.67. The highest BCUT2D eigenvalue weighted by molar-refractivity contribution is 5.93. The second-order valence-corrected chi connectivity index (χ2v) is 6.37. The fraction of sp³-hybridized carbons (Fsp3) is 0.190. The molecule has 1 aromatic heterocycles. The number of nitrogens with one attached hydrogen (secondary N) is 1. The summed E-state index contributed by atoms with van der Waals surface area (Å²) in [6.45, 7) is 1.33. The minimum Gasteiger partial charge on any atom is -0.495 e. The Morgan fingerprint density at radius 2 is 1.74 bits per heavy atom. The number of ether oxygens (including phenoxy) is 1. The minimum atomic E-state index is -0.0478. The zero-order valence-electron chi connectivity index (χ0n) is 15.1. The Bertz CT molecular complexity index is 956. The summed E-state index contributed by atoms with van der Waals surface area (Å²) in [5.74, 6) is 1.07. The van der Waals surface area contributed by atoms with E-state index in [1.807, 2.05) is 41.3 Å². The fourth-order valence-corrected chi connectivity index (χ4v) is 3.22. The normalized spacial score (nSPS) is 13.0. The number of carbonyl (C=O) groups excluding carboxylic acids is 1. The third kappa shape index (κ3) is 3.60. The molecule has 136 valence electrons. The van der Waals surface area contributed by atoms with E-state index in [2.05, 4.69) is 27.4 Å². The Kier molecular flexibility index (Phi) is 4.70. The highest BCUT2D eigenvalue weighted by atomic mass is 16.5. The molecule has 1 aliphatic rings. The smallest absolute Gasteiger partial charge is 0.257 e. The van der Waals surface area contributed by atoms with Crippen LogP contribution in [0.4, 0.5) is 11.6 Å². The van der Waals surface area contributed by atoms with Crippen LogP contribution in [0.5, 0.6) is 5.75 Å². The van der Waals surface area contributed by atoms with Crippen molar-refractivity contribution in [3.8, 4) is 5.75 Å². The predicted octanol–water partition coefficient (Wildman–Crippen LogP) is 3.43. The van der Waals surface area contributed by atoms with Gasteiger partial charge in [-0.1, -0.05) is 36.4 Å². The van der Waals surface area contributed by atoms with Crippen LogP contribution in [0.2, 0.25) is 0 Å². The molecule has 0 saturated carbocycles. The van der Waals surface area contributed by atoms with Gasteiger partial charge in [-0.15, -0.1) is 0 Å². The largest absolute Gasteiger partial charge is 0.495 e. The first-order valence-electron chi connectivity index (χ1n) is 8.83. The summed E-state index contributed by atoms with van der Waals surface area (Å²) >= 11 is 0. The third-order valence-corrected chi connectivity index (χ3v) is 4.67. The van der Waals surface area contributed by atoms with Crippen molar-refractivity contribution in [1.82, 2.24) is 14.9 Å². The van der Waals surface area contributed by atoms with Gasteiger partial charge in [0.2, 0.25) is 5.95 Å². The first-order chi connectivity index (χ1) is 13.2. The Hall–Kier alpha value is -3.41. The predicted molar refractivity (Wildman–Crippen MR) is 103 cm³/mol. The molecule has 2 aromatic carbocycles. The van der Waals surface area contributed by atoms with Crippen molar-refractivity contribution in [3.63, 3.8) is 0 Å². The minimum absolute atomic E-state index is 0.0478. The summed E-state index contributed by atoms with van der Waals surface area (Å²) in [4.78, 5) is 23.2. The van der Waals surface area contributed by atoms with Crippen molar-refractivity contribution < 1.29 is 9.53 Å². The van der Waals surface area contributed by atoms with Gasteiger partial charge in [-0.3, -0.25) is 4.79 Å². The fourth-order valence-electron chi connectivity index (χ4n) is 3.22. The molecule has 6 heteroatoms. The quantitative estimate of drug-likeness (QED) is 0.772. The summed E-state index contributed by atoms with van der Waals surface area (Å²) in [7, 11) is 1.61. The first kappa shape index (κ1) is 17.0. The molecular weight excluding hydrogens is 340 g/mol. The molecule has 1 aliphatic heterocycles. The maximum absolute atomic E-state index is 12.8. The molecule has 2 heterocycles. The van der Waals surface area contributed by atoms with Crippen LogP contribution >= 0.6 is 0 Å². The molecule has 0 saturated heterocycles. The lowest BCUT2D eigenvalue weighted by atomic mass is 9.99. The van der Waals surface area contributed by atoms with Crippen LogP contribution in [0.1, 0.15) is 21.5 Å². The van der Waals surface area contributed by atoms with Gasteiger partial charge in [-0.25, -0.2) is 9.97 Å². The number of rotatable bonds is 4. The van der Waals surface area contributed by atoms with E-state index in [0.29, 0.717) is 30.4 Å². The number of benzene rings is 2. The van der Waals surface area contributed by atoms with Crippen molar-refractivity contribution in [1.29, 1.82) is 0 Å². The van der Waals surface area contributed by atoms with Gasteiger partial charge < -0.3 is 15.0 Å². The van der Waals surface area contributed by atoms with Gasteiger partial charge in [0, 0.05) is 25.5 Å². The molecule has 0 atom stereocenters. The molecule has 27 heavy (non-hydrogen) atoms. The van der Waals surface area contributed by atoms with Gasteiger partial charge in [0.1, 0.15) is 5.75 Å². The topological polar surface area (TPSA) is 67.3 Å². The van der Waals surface area contributed by atoms with Gasteiger partial charge in [0.05, 0.1) is 18.4 Å². The maximum atomic E-state index is 12.8. The first-order valence-corrected chi connectivity index (χ1v) is 8.83. The molecule has 0 spiro atoms. The second kappa shape index (κ2) is 7.45. The van der Waals surface area contributed by atoms with E-state index in [1.54, 1.807) is 19.5 Å². The van der Waals surface area contributed by atoms with E-state index in [1.165, 1.54) is 11.1 Å². The SMILES string of the molecule is COc1ccccc1Nc1ncc(C(=O)N2CCc3ccccc3C2)cn1. The summed E-state index contributed by atoms with van der Waals surface area (Å²) in [5, 5.41) is 3.11. The molecule has 0 fully saturated rings. The van der Waals surface area contributed by atoms with Crippen molar-refractivity contribution in [2.75, 3.05) is 19.0 Å². The highest BCUT2D eigenvalue weighted by Crippen LogP contribution is 2.25. The van der Waals surface area contributed by atoms with E-state index < -0.39 is 0 Å². The van der Waals surface area contributed by atoms with Crippen LogP contribution in [-0.4, -0.2) is 34.4 Å². The van der Waals surface area contributed by atoms with Gasteiger partial charge in [0.15, 0.2) is 0 Å². The molecule has 0 aliphatic carbocycles. The van der Waals surface area contributed by atoms with Crippen LogP contribution < -0.4 is 10.1 Å². The number of carbonyl (C=O) groups is 1. The maximum Gasteiger partial charge on any atom is 0.257 e. The molecule has 6 nitrogen and oxygen atoms in total. The number of para-hydroxylation sites is 2. The number of methoxy groups -OCH3 is 1. The van der Waals surface area contributed by atoms with E-state index in [9.17, 15) is 4.79 Å². The molecule has 0 bridgehead atoms. The monoisotopic (exact) mass is 360 g/mol. The van der Waals surface area contributed by atoms with E-state index in [0.717, 1.165) is 12.1 Å². The summed E-state index contributed by atoms with van der Waals surface area (Å²) in [5.41, 5.74) is 3.77. The zero-order valence-corrected chi connectivity index (χ0v) is 15.1. The Morgan fingerprint density at radius 3 is 2.52 bits per heavy atom. The molecule has 3 aromatic rings. The van der Waals surface area contributed by atoms with Gasteiger partial charge in [-0.2, -0.15) is 0 Å². The van der Waals surface area contributed by atoms with Crippen LogP contribution in [0.3, 0.4) is 0 Å². The average Bonchev–Trinajstić information content (AvgIpc) is 2.74. The number of fused-ring (bicyclic) bond motifs is 1. The number of aromatic nitrogens is 2. The lowest BCUT2D eigenvalue weighted by Crippen LogP contribution is -2.36. The summed E-state index contributed by atoms with van der Waals surface area (Å²) in [6.07, 6.45) is 4.00. The molecule has 0 radical (unpaired) electrons. The molecular formula is C21H20N4O2. The number of hydrogen-bond donors (Lipinski definition) is 1. The van der Waals surface area contributed by atoms with Crippen molar-refractivity contribution >= 4 is 17.5 Å². The number of hydrogen-bond acceptors (Lipinski definition) is 5. The van der Waals surface area contributed by atoms with Crippen molar-refractivity contribution in [2.24, 2.45) is 0 Å². The molecule has 0 unspecified atom stereocenters. The van der Waals surface area contributed by atoms with E-state index in [-0.39, 0.29) is 5.91 Å². The van der Waals surface area contributed by atoms with Gasteiger partial charge in [-0.05, 0) is 29.7 Å². The average molecular weight is 360 g/mol. The van der Waals surface area contributed by atoms with E-state index in [4.69, 9.17) is 4.74 Å². The van der Waals surface area contributed by atoms with Gasteiger partial charge in [0.25, 0.3) is 5.91 Å². The lowest BCUT2D eigenvalue weighted by Gasteiger charge is -2.28. The van der Waals surface area contributed by atoms with Crippen LogP contribution in [-0.2, 0) is 13.0 Å². The number of amides is 1. The summed E-state index contributed by atoms with van der Waals surface area (Å²) < 4.78 is 5.31. The van der Waals surface area contributed by atoms with Crippen LogP contribution in [0, 0.1) is 0 Å². The second-order valence-electron chi connectivity index (χ2n) is 6.37. The van der Waals surface area contributed by atoms with Crippen LogP contribution in [0.25, 0.3) is 0 Å². The lowest BCUT2D eigenvalue weighted by molar-refractivity contribution is 0.0734. The Balaban J connectivity index is 1.47. The molecule has 1 amide bonds. The molecule has 1 N–H and O–H groups in total. The summed E-state index contributed by atoms with van der Waals surface area (Å²) in [6, 6.07) is 15.8. The van der Waals surface area contributed by atoms with E-state index >= 15 is 0 Å². The van der Waals surface area contributed by atoms with Gasteiger partial charge >= 0.3 is 0 Å². The number of anilines is 2. The zero-order chi connectivity index (χ0) is 18.6. The van der Waals surface area contributed by atoms with Crippen LogP contribution in [0.15, 0.2) is 60.9 Å². The standard InChI is InChI=1S/C21H20N4O2/c1-27-19-9-5-4-8-18(19)24-21-22-12-17(13-23-21)20(26)25-11-10-15-6-2-3-7-16(15)14-25/h2-9,12-13H,10-11,14H2,1H3,(H,22,23,24). The Morgan fingerprint density at radius 1 is 1.04 bits per heavy atom. The highest BCUT2D eigenvalue weighted by Gasteiger charge is 2.22. The van der Waals surface area contributed by atoms with Crippen molar-refractivity contribution in [2.45, 2.75) is 13.0 Å². The molecule has 4 rings (SSSR count). The van der Waals surface area contributed by atoms with Crippen molar-refractivity contribution in [3.05, 3.63) is 77.6 Å². The Labute approximate surface area is 157 Å².